The number of nitrogens with two attached hydrogens (primary N) is 1. The average Bonchev–Trinajstić information content (AvgIpc) is 2.81. The monoisotopic (exact) mass is 241 g/mol. The van der Waals surface area contributed by atoms with Crippen molar-refractivity contribution < 1.29 is 4.74 Å². The van der Waals surface area contributed by atoms with Gasteiger partial charge in [0.2, 0.25) is 0 Å². The fourth-order valence-electron chi connectivity index (χ4n) is 2.31. The Labute approximate surface area is 106 Å². The topological polar surface area (TPSA) is 61.0 Å². The summed E-state index contributed by atoms with van der Waals surface area (Å²) >= 11 is 0. The fourth-order valence-corrected chi connectivity index (χ4v) is 2.31. The van der Waals surface area contributed by atoms with E-state index < -0.39 is 0 Å². The smallest absolute Gasteiger partial charge is 0.132 e. The summed E-state index contributed by atoms with van der Waals surface area (Å²) in [6.07, 6.45) is 0.960. The van der Waals surface area contributed by atoms with Crippen LogP contribution < -0.4 is 10.5 Å². The molecule has 0 amide bonds. The Hall–Kier alpha value is -2.10. The first-order chi connectivity index (χ1) is 8.66. The van der Waals surface area contributed by atoms with Crippen molar-refractivity contribution in [3.8, 4) is 17.0 Å². The molecule has 92 valence electrons. The average molecular weight is 241 g/mol. The summed E-state index contributed by atoms with van der Waals surface area (Å²) in [5.41, 5.74) is 9.94. The van der Waals surface area contributed by atoms with E-state index in [4.69, 9.17) is 10.5 Å². The van der Waals surface area contributed by atoms with Gasteiger partial charge in [0.05, 0.1) is 12.3 Å². The number of aromatic nitrogens is 2. The summed E-state index contributed by atoms with van der Waals surface area (Å²) in [4.78, 5) is 8.69. The predicted molar refractivity (Wildman–Crippen MR) is 70.6 cm³/mol. The van der Waals surface area contributed by atoms with Crippen LogP contribution in [0.3, 0.4) is 0 Å². The quantitative estimate of drug-likeness (QED) is 0.832. The van der Waals surface area contributed by atoms with Gasteiger partial charge in [0.1, 0.15) is 17.4 Å². The molecule has 1 aromatic carbocycles. The van der Waals surface area contributed by atoms with Gasteiger partial charge in [-0.15, -0.1) is 0 Å². The summed E-state index contributed by atoms with van der Waals surface area (Å²) in [5.74, 6) is 2.16. The Bertz CT molecular complexity index is 623. The van der Waals surface area contributed by atoms with Gasteiger partial charge in [-0.05, 0) is 25.5 Å². The molecule has 1 aromatic heterocycles. The molecule has 0 saturated heterocycles. The molecule has 0 bridgehead atoms. The highest BCUT2D eigenvalue weighted by Gasteiger charge is 2.20. The third-order valence-electron chi connectivity index (χ3n) is 3.26. The minimum atomic E-state index is 0.535. The largest absolute Gasteiger partial charge is 0.492 e. The van der Waals surface area contributed by atoms with Crippen molar-refractivity contribution in [2.45, 2.75) is 20.3 Å². The van der Waals surface area contributed by atoms with Crippen LogP contribution in [-0.2, 0) is 6.42 Å². The molecule has 1 aliphatic heterocycles. The van der Waals surface area contributed by atoms with Crippen molar-refractivity contribution in [1.82, 2.24) is 9.97 Å². The summed E-state index contributed by atoms with van der Waals surface area (Å²) in [6, 6.07) is 6.16. The van der Waals surface area contributed by atoms with E-state index in [1.165, 1.54) is 5.56 Å². The van der Waals surface area contributed by atoms with E-state index >= 15 is 0 Å². The number of hydrogen-bond donors (Lipinski definition) is 1. The number of fused-ring (bicyclic) bond motifs is 1. The van der Waals surface area contributed by atoms with Crippen LogP contribution in [0.25, 0.3) is 11.3 Å². The molecule has 0 radical (unpaired) electrons. The normalized spacial score (nSPS) is 13.2. The van der Waals surface area contributed by atoms with Crippen LogP contribution in [0.2, 0.25) is 0 Å². The molecule has 0 atom stereocenters. The lowest BCUT2D eigenvalue weighted by molar-refractivity contribution is 0.358. The number of anilines is 1. The zero-order chi connectivity index (χ0) is 12.7. The second kappa shape index (κ2) is 3.98. The SMILES string of the molecule is Cc1nc(N)c(C)c(-c2cccc3c2OCC3)n1. The zero-order valence-electron chi connectivity index (χ0n) is 10.5. The molecule has 2 aromatic rings. The Morgan fingerprint density at radius 1 is 1.22 bits per heavy atom. The van der Waals surface area contributed by atoms with Gasteiger partial charge in [0.25, 0.3) is 0 Å². The highest BCUT2D eigenvalue weighted by molar-refractivity contribution is 5.74. The third kappa shape index (κ3) is 1.61. The fraction of sp³-hybridized carbons (Fsp3) is 0.286. The van der Waals surface area contributed by atoms with Crippen LogP contribution in [0.1, 0.15) is 17.0 Å². The lowest BCUT2D eigenvalue weighted by Crippen LogP contribution is -2.02. The molecule has 0 fully saturated rings. The van der Waals surface area contributed by atoms with Gasteiger partial charge >= 0.3 is 0 Å². The highest BCUT2D eigenvalue weighted by Crippen LogP contribution is 2.37. The van der Waals surface area contributed by atoms with Crippen LogP contribution in [0, 0.1) is 13.8 Å². The third-order valence-corrected chi connectivity index (χ3v) is 3.26. The van der Waals surface area contributed by atoms with E-state index in [1.807, 2.05) is 26.0 Å². The molecule has 2 N–H and O–H groups in total. The Morgan fingerprint density at radius 2 is 2.06 bits per heavy atom. The van der Waals surface area contributed by atoms with Gasteiger partial charge in [-0.2, -0.15) is 0 Å². The summed E-state index contributed by atoms with van der Waals surface area (Å²) in [7, 11) is 0. The van der Waals surface area contributed by atoms with Crippen LogP contribution in [0.4, 0.5) is 5.82 Å². The number of rotatable bonds is 1. The molecule has 4 nitrogen and oxygen atoms in total. The molecule has 18 heavy (non-hydrogen) atoms. The molecule has 2 heterocycles. The summed E-state index contributed by atoms with van der Waals surface area (Å²) in [5, 5.41) is 0. The van der Waals surface area contributed by atoms with Crippen molar-refractivity contribution >= 4 is 5.82 Å². The van der Waals surface area contributed by atoms with E-state index in [0.717, 1.165) is 35.6 Å². The van der Waals surface area contributed by atoms with Crippen molar-refractivity contribution in [2.24, 2.45) is 0 Å². The summed E-state index contributed by atoms with van der Waals surface area (Å²) in [6.45, 7) is 4.53. The minimum absolute atomic E-state index is 0.535. The molecule has 0 saturated carbocycles. The van der Waals surface area contributed by atoms with Gasteiger partial charge in [-0.1, -0.05) is 12.1 Å². The van der Waals surface area contributed by atoms with E-state index in [0.29, 0.717) is 11.6 Å². The number of para-hydroxylation sites is 1. The first-order valence-corrected chi connectivity index (χ1v) is 6.02. The van der Waals surface area contributed by atoms with Crippen molar-refractivity contribution in [3.63, 3.8) is 0 Å². The number of nitrogens with zero attached hydrogens (tertiary/aromatic N) is 2. The zero-order valence-corrected chi connectivity index (χ0v) is 10.5. The number of nitrogen functional groups attached to an aromatic ring is 1. The maximum Gasteiger partial charge on any atom is 0.132 e. The number of aryl methyl sites for hydroxylation is 1. The lowest BCUT2D eigenvalue weighted by Gasteiger charge is -2.11. The van der Waals surface area contributed by atoms with Crippen LogP contribution in [-0.4, -0.2) is 16.6 Å². The molecular formula is C14H15N3O. The first kappa shape index (κ1) is 11.0. The number of ether oxygens (including phenoxy) is 1. The van der Waals surface area contributed by atoms with E-state index in [9.17, 15) is 0 Å². The first-order valence-electron chi connectivity index (χ1n) is 6.02. The van der Waals surface area contributed by atoms with Crippen LogP contribution >= 0.6 is 0 Å². The van der Waals surface area contributed by atoms with Gasteiger partial charge in [-0.25, -0.2) is 9.97 Å². The molecule has 0 spiro atoms. The van der Waals surface area contributed by atoms with E-state index in [-0.39, 0.29) is 0 Å². The summed E-state index contributed by atoms with van der Waals surface area (Å²) < 4.78 is 5.72. The van der Waals surface area contributed by atoms with E-state index in [2.05, 4.69) is 16.0 Å². The number of benzene rings is 1. The lowest BCUT2D eigenvalue weighted by atomic mass is 10.0. The van der Waals surface area contributed by atoms with Crippen molar-refractivity contribution in [1.29, 1.82) is 0 Å². The molecular weight excluding hydrogens is 226 g/mol. The van der Waals surface area contributed by atoms with E-state index in [1.54, 1.807) is 0 Å². The molecule has 0 aliphatic carbocycles. The van der Waals surface area contributed by atoms with Crippen LogP contribution in [0.15, 0.2) is 18.2 Å². The Balaban J connectivity index is 2.25. The van der Waals surface area contributed by atoms with Crippen molar-refractivity contribution in [3.05, 3.63) is 35.2 Å². The number of hydrogen-bond acceptors (Lipinski definition) is 4. The van der Waals surface area contributed by atoms with Crippen molar-refractivity contribution in [2.75, 3.05) is 12.3 Å². The van der Waals surface area contributed by atoms with Gasteiger partial charge in [0, 0.05) is 17.5 Å². The van der Waals surface area contributed by atoms with Gasteiger partial charge in [-0.3, -0.25) is 0 Å². The Morgan fingerprint density at radius 3 is 2.89 bits per heavy atom. The van der Waals surface area contributed by atoms with Gasteiger partial charge in [0.15, 0.2) is 0 Å². The maximum atomic E-state index is 5.91. The van der Waals surface area contributed by atoms with Gasteiger partial charge < -0.3 is 10.5 Å². The predicted octanol–water partition coefficient (Wildman–Crippen LogP) is 2.28. The van der Waals surface area contributed by atoms with Crippen LogP contribution in [0.5, 0.6) is 5.75 Å². The molecule has 4 heteroatoms. The standard InChI is InChI=1S/C14H15N3O/c1-8-12(16-9(2)17-14(8)15)11-5-3-4-10-6-7-18-13(10)11/h3-5H,6-7H2,1-2H3,(H2,15,16,17). The molecule has 3 rings (SSSR count). The highest BCUT2D eigenvalue weighted by atomic mass is 16.5. The molecule has 0 unspecified atom stereocenters. The minimum Gasteiger partial charge on any atom is -0.492 e. The second-order valence-electron chi connectivity index (χ2n) is 4.52. The molecule has 1 aliphatic rings. The Kier molecular flexibility index (Phi) is 2.44. The maximum absolute atomic E-state index is 5.91. The second-order valence-corrected chi connectivity index (χ2v) is 4.52.